The van der Waals surface area contributed by atoms with Gasteiger partial charge in [0.15, 0.2) is 11.5 Å². The van der Waals surface area contributed by atoms with E-state index < -0.39 is 6.09 Å². The molecule has 0 aliphatic rings. The van der Waals surface area contributed by atoms with E-state index in [1.165, 1.54) is 77.0 Å². The Bertz CT molecular complexity index is 1310. The highest BCUT2D eigenvalue weighted by Crippen LogP contribution is 2.32. The van der Waals surface area contributed by atoms with Gasteiger partial charge in [0.1, 0.15) is 11.6 Å². The number of fused-ring (bicyclic) bond motifs is 1. The van der Waals surface area contributed by atoms with E-state index in [2.05, 4.69) is 48.2 Å². The van der Waals surface area contributed by atoms with E-state index in [1.807, 2.05) is 24.3 Å². The van der Waals surface area contributed by atoms with Crippen molar-refractivity contribution in [3.8, 4) is 11.4 Å². The summed E-state index contributed by atoms with van der Waals surface area (Å²) in [6.07, 6.45) is 17.5. The van der Waals surface area contributed by atoms with Crippen LogP contribution in [0.1, 0.15) is 135 Å². The predicted octanol–water partition coefficient (Wildman–Crippen LogP) is 9.32. The van der Waals surface area contributed by atoms with Crippen molar-refractivity contribution in [1.82, 2.24) is 25.1 Å². The summed E-state index contributed by atoms with van der Waals surface area (Å²) in [5, 5.41) is 10.9. The Morgan fingerprint density at radius 1 is 0.889 bits per heavy atom. The van der Waals surface area contributed by atoms with Gasteiger partial charge in [-0.15, -0.1) is 5.10 Å². The zero-order valence-corrected chi connectivity index (χ0v) is 28.6. The largest absolute Gasteiger partial charge is 0.466 e. The summed E-state index contributed by atoms with van der Waals surface area (Å²) in [7, 11) is 0. The van der Waals surface area contributed by atoms with E-state index in [0.717, 1.165) is 29.7 Å². The van der Waals surface area contributed by atoms with Gasteiger partial charge in [0.25, 0.3) is 0 Å². The Labute approximate surface area is 274 Å². The third kappa shape index (κ3) is 12.7. The lowest BCUT2D eigenvalue weighted by Crippen LogP contribution is -2.27. The van der Waals surface area contributed by atoms with E-state index in [9.17, 15) is 9.59 Å². The van der Waals surface area contributed by atoms with Crippen LogP contribution in [0.2, 0.25) is 5.02 Å². The molecule has 2 N–H and O–H groups in total. The average Bonchev–Trinajstić information content (AvgIpc) is 3.57. The molecule has 10 heteroatoms. The minimum Gasteiger partial charge on any atom is -0.466 e. The van der Waals surface area contributed by atoms with Gasteiger partial charge in [0.05, 0.1) is 18.7 Å². The molecule has 0 saturated heterocycles. The van der Waals surface area contributed by atoms with Gasteiger partial charge in [-0.3, -0.25) is 9.89 Å². The fourth-order valence-electron chi connectivity index (χ4n) is 5.29. The Hall–Kier alpha value is -3.07. The van der Waals surface area contributed by atoms with E-state index in [4.69, 9.17) is 21.1 Å². The number of carbonyl (C=O) groups excluding carboxylic acids is 2. The number of hydrogen-bond donors (Lipinski definition) is 2. The molecule has 0 radical (unpaired) electrons. The van der Waals surface area contributed by atoms with E-state index in [1.54, 1.807) is 4.63 Å². The molecule has 2 heterocycles. The van der Waals surface area contributed by atoms with Crippen LogP contribution in [0.15, 0.2) is 24.3 Å². The number of carbonyl (C=O) groups is 2. The summed E-state index contributed by atoms with van der Waals surface area (Å²) in [5.74, 6) is 0.162. The number of H-pyrrole nitrogens is 1. The number of aromatic amines is 1. The molecule has 0 aliphatic heterocycles. The zero-order chi connectivity index (χ0) is 32.5. The van der Waals surface area contributed by atoms with Crippen LogP contribution in [-0.4, -0.2) is 45.0 Å². The number of nitrogens with one attached hydrogen (secondary N) is 2. The Kier molecular flexibility index (Phi) is 15.7. The van der Waals surface area contributed by atoms with Crippen molar-refractivity contribution in [3.63, 3.8) is 0 Å². The van der Waals surface area contributed by atoms with Crippen molar-refractivity contribution in [1.29, 1.82) is 0 Å². The maximum absolute atomic E-state index is 12.3. The van der Waals surface area contributed by atoms with Gasteiger partial charge in [0, 0.05) is 23.1 Å². The van der Waals surface area contributed by atoms with Gasteiger partial charge in [-0.25, -0.2) is 9.78 Å². The molecule has 1 aromatic carbocycles. The van der Waals surface area contributed by atoms with Crippen LogP contribution in [0.4, 0.5) is 4.79 Å². The number of hydrogen-bond acceptors (Lipinski definition) is 6. The summed E-state index contributed by atoms with van der Waals surface area (Å²) < 4.78 is 12.3. The fraction of sp³-hybridized carbons (Fsp3) is 0.657. The monoisotopic (exact) mass is 643 g/mol. The summed E-state index contributed by atoms with van der Waals surface area (Å²) in [6.45, 7) is 9.06. The second kappa shape index (κ2) is 19.4. The van der Waals surface area contributed by atoms with Gasteiger partial charge in [-0.05, 0) is 6.42 Å². The normalized spacial score (nSPS) is 11.7. The summed E-state index contributed by atoms with van der Waals surface area (Å²) in [4.78, 5) is 29.0. The van der Waals surface area contributed by atoms with E-state index in [-0.39, 0.29) is 31.0 Å². The Balaban J connectivity index is 1.24. The number of alkyl carbamates (subject to hydrolysis) is 1. The van der Waals surface area contributed by atoms with Crippen LogP contribution in [0, 0.1) is 0 Å². The number of unbranched alkanes of at least 4 members (excludes halogenated alkanes) is 13. The Morgan fingerprint density at radius 3 is 2.09 bits per heavy atom. The van der Waals surface area contributed by atoms with Crippen molar-refractivity contribution in [2.24, 2.45) is 0 Å². The van der Waals surface area contributed by atoms with Crippen LogP contribution < -0.4 is 5.32 Å². The third-order valence-corrected chi connectivity index (χ3v) is 8.33. The average molecular weight is 644 g/mol. The number of rotatable bonds is 21. The molecule has 45 heavy (non-hydrogen) atoms. The van der Waals surface area contributed by atoms with Gasteiger partial charge >= 0.3 is 12.1 Å². The van der Waals surface area contributed by atoms with Crippen molar-refractivity contribution < 1.29 is 19.1 Å². The van der Waals surface area contributed by atoms with Crippen LogP contribution in [-0.2, 0) is 26.3 Å². The molecule has 2 aromatic heterocycles. The molecule has 0 atom stereocenters. The fourth-order valence-corrected chi connectivity index (χ4v) is 5.74. The first-order valence-corrected chi connectivity index (χ1v) is 17.4. The number of aromatic nitrogens is 4. The molecule has 3 rings (SSSR count). The van der Waals surface area contributed by atoms with Crippen LogP contribution in [0.25, 0.3) is 17.0 Å². The smallest absolute Gasteiger partial charge is 0.407 e. The lowest BCUT2D eigenvalue weighted by Gasteiger charge is -2.16. The topological polar surface area (TPSA) is 111 Å². The van der Waals surface area contributed by atoms with Crippen LogP contribution in [0.5, 0.6) is 0 Å². The van der Waals surface area contributed by atoms with Gasteiger partial charge in [-0.2, -0.15) is 4.63 Å². The van der Waals surface area contributed by atoms with Crippen molar-refractivity contribution in [2.75, 3.05) is 13.2 Å². The zero-order valence-electron chi connectivity index (χ0n) is 27.9. The maximum atomic E-state index is 12.3. The van der Waals surface area contributed by atoms with Crippen molar-refractivity contribution >= 4 is 29.3 Å². The molecule has 0 saturated carbocycles. The number of nitrogens with zero attached hydrogens (tertiary/aromatic N) is 3. The number of esters is 1. The van der Waals surface area contributed by atoms with Crippen molar-refractivity contribution in [2.45, 2.75) is 136 Å². The summed E-state index contributed by atoms with van der Waals surface area (Å²) in [5.41, 5.74) is 2.71. The molecule has 0 fully saturated rings. The Morgan fingerprint density at radius 2 is 1.49 bits per heavy atom. The molecule has 1 amide bonds. The second-order valence-electron chi connectivity index (χ2n) is 12.9. The third-order valence-electron chi connectivity index (χ3n) is 7.97. The molecule has 3 aromatic rings. The first-order chi connectivity index (χ1) is 21.7. The molecular formula is C35H54ClN5O4. The number of halogens is 1. The minimum atomic E-state index is -0.604. The molecule has 250 valence electrons. The standard InChI is InChI=1S/C35H54ClN5O4/c1-5-6-7-8-9-10-11-12-13-14-15-16-17-20-25-44-29(42)23-24-37-34(43)45-26-27-21-18-19-22-28(27)32-38-33-30(36)31(35(2,3)4)39-41(33)40-32/h18-19,21-22,39H,5-17,20,23-26H2,1-4H3,(H,37,43). The maximum Gasteiger partial charge on any atom is 0.407 e. The van der Waals surface area contributed by atoms with E-state index >= 15 is 0 Å². The number of benzene rings is 1. The van der Waals surface area contributed by atoms with Gasteiger partial charge < -0.3 is 14.8 Å². The van der Waals surface area contributed by atoms with Gasteiger partial charge in [0.2, 0.25) is 0 Å². The SMILES string of the molecule is CCCCCCCCCCCCCCCCOC(=O)CCNC(=O)OCc1ccccc1-c1nc2c(Cl)c(C(C)(C)C)[nH]n2n1. The summed E-state index contributed by atoms with van der Waals surface area (Å²) in [6, 6.07) is 7.47. The quantitative estimate of drug-likeness (QED) is 0.0884. The lowest BCUT2D eigenvalue weighted by molar-refractivity contribution is -0.143. The number of amides is 1. The molecular weight excluding hydrogens is 590 g/mol. The molecule has 0 unspecified atom stereocenters. The first-order valence-electron chi connectivity index (χ1n) is 17.0. The minimum absolute atomic E-state index is 0.0275. The van der Waals surface area contributed by atoms with Crippen LogP contribution in [0.3, 0.4) is 0 Å². The van der Waals surface area contributed by atoms with Crippen LogP contribution >= 0.6 is 11.6 Å². The molecule has 0 aliphatic carbocycles. The highest BCUT2D eigenvalue weighted by atomic mass is 35.5. The molecule has 0 bridgehead atoms. The molecule has 9 nitrogen and oxygen atoms in total. The van der Waals surface area contributed by atoms with E-state index in [0.29, 0.717) is 23.1 Å². The highest BCUT2D eigenvalue weighted by molar-refractivity contribution is 6.34. The van der Waals surface area contributed by atoms with Gasteiger partial charge in [-0.1, -0.05) is 147 Å². The first kappa shape index (κ1) is 36.4. The molecule has 0 spiro atoms. The highest BCUT2D eigenvalue weighted by Gasteiger charge is 2.25. The lowest BCUT2D eigenvalue weighted by atomic mass is 9.92. The second-order valence-corrected chi connectivity index (χ2v) is 13.3. The summed E-state index contributed by atoms with van der Waals surface area (Å²) >= 11 is 6.58. The number of ether oxygens (including phenoxy) is 2. The predicted molar refractivity (Wildman–Crippen MR) is 181 cm³/mol. The van der Waals surface area contributed by atoms with Crippen molar-refractivity contribution in [3.05, 3.63) is 40.5 Å².